The van der Waals surface area contributed by atoms with E-state index in [2.05, 4.69) is 5.32 Å². The highest BCUT2D eigenvalue weighted by atomic mass is 16.6. The van der Waals surface area contributed by atoms with Gasteiger partial charge in [-0.2, -0.15) is 0 Å². The van der Waals surface area contributed by atoms with E-state index in [4.69, 9.17) is 0 Å². The molecule has 0 aliphatic carbocycles. The molecule has 7 heteroatoms. The lowest BCUT2D eigenvalue weighted by Crippen LogP contribution is -2.37. The molecule has 128 valence electrons. The zero-order chi connectivity index (χ0) is 18.0. The number of carbonyl (C=O) groups excluding carboxylic acids is 2. The van der Waals surface area contributed by atoms with Gasteiger partial charge in [-0.25, -0.2) is 0 Å². The summed E-state index contributed by atoms with van der Waals surface area (Å²) in [6.45, 7) is 2.38. The number of nitrogens with one attached hydrogen (secondary N) is 1. The molecule has 0 spiro atoms. The minimum Gasteiger partial charge on any atom is -0.347 e. The van der Waals surface area contributed by atoms with Crippen molar-refractivity contribution in [1.29, 1.82) is 0 Å². The van der Waals surface area contributed by atoms with Crippen molar-refractivity contribution in [2.75, 3.05) is 11.4 Å². The number of nitro benzene ring substituents is 1. The fourth-order valence-electron chi connectivity index (χ4n) is 2.78. The molecular formula is C18H17N3O4. The molecular weight excluding hydrogens is 322 g/mol. The van der Waals surface area contributed by atoms with Gasteiger partial charge in [-0.05, 0) is 31.2 Å². The number of anilines is 1. The van der Waals surface area contributed by atoms with E-state index in [1.165, 1.54) is 24.3 Å². The highest BCUT2D eigenvalue weighted by molar-refractivity contribution is 5.99. The predicted octanol–water partition coefficient (Wildman–Crippen LogP) is 2.44. The Hall–Kier alpha value is -3.22. The van der Waals surface area contributed by atoms with Crippen LogP contribution in [0.25, 0.3) is 0 Å². The molecule has 0 bridgehead atoms. The second kappa shape index (κ2) is 6.72. The Morgan fingerprint density at radius 2 is 1.80 bits per heavy atom. The molecule has 1 aliphatic heterocycles. The number of nitro groups is 1. The number of hydrogen-bond donors (Lipinski definition) is 1. The van der Waals surface area contributed by atoms with Gasteiger partial charge < -0.3 is 10.2 Å². The molecule has 2 amide bonds. The third kappa shape index (κ3) is 3.65. The lowest BCUT2D eigenvalue weighted by molar-refractivity contribution is -0.384. The second-order valence-corrected chi connectivity index (χ2v) is 6.02. The number of nitrogens with zero attached hydrogens (tertiary/aromatic N) is 2. The molecule has 1 saturated heterocycles. The van der Waals surface area contributed by atoms with Crippen molar-refractivity contribution in [3.63, 3.8) is 0 Å². The summed E-state index contributed by atoms with van der Waals surface area (Å²) >= 11 is 0. The molecule has 2 aromatic rings. The summed E-state index contributed by atoms with van der Waals surface area (Å²) in [6, 6.07) is 12.7. The first-order valence-corrected chi connectivity index (χ1v) is 7.86. The first-order chi connectivity index (χ1) is 11.9. The van der Waals surface area contributed by atoms with Crippen LogP contribution in [-0.2, 0) is 4.79 Å². The molecule has 1 fully saturated rings. The summed E-state index contributed by atoms with van der Waals surface area (Å²) in [5, 5.41) is 13.5. The molecule has 0 saturated carbocycles. The molecule has 1 atom stereocenters. The first-order valence-electron chi connectivity index (χ1n) is 7.86. The van der Waals surface area contributed by atoms with Gasteiger partial charge in [0.15, 0.2) is 0 Å². The molecule has 1 heterocycles. The Bertz CT molecular complexity index is 815. The number of aryl methyl sites for hydroxylation is 1. The van der Waals surface area contributed by atoms with Crippen LogP contribution in [0.3, 0.4) is 0 Å². The van der Waals surface area contributed by atoms with Gasteiger partial charge in [-0.3, -0.25) is 19.7 Å². The van der Waals surface area contributed by atoms with Gasteiger partial charge >= 0.3 is 0 Å². The van der Waals surface area contributed by atoms with Gasteiger partial charge in [0, 0.05) is 36.3 Å². The molecule has 2 aromatic carbocycles. The molecule has 3 rings (SSSR count). The minimum atomic E-state index is -0.517. The van der Waals surface area contributed by atoms with Gasteiger partial charge in [-0.1, -0.05) is 17.7 Å². The molecule has 0 aromatic heterocycles. The van der Waals surface area contributed by atoms with E-state index in [1.54, 1.807) is 4.90 Å². The van der Waals surface area contributed by atoms with Crippen LogP contribution in [0.1, 0.15) is 22.3 Å². The summed E-state index contributed by atoms with van der Waals surface area (Å²) in [6.07, 6.45) is 0.229. The maximum absolute atomic E-state index is 12.3. The fourth-order valence-corrected chi connectivity index (χ4v) is 2.78. The summed E-state index contributed by atoms with van der Waals surface area (Å²) in [7, 11) is 0. The van der Waals surface area contributed by atoms with Crippen LogP contribution >= 0.6 is 0 Å². The normalized spacial score (nSPS) is 16.8. The Morgan fingerprint density at radius 1 is 1.16 bits per heavy atom. The second-order valence-electron chi connectivity index (χ2n) is 6.02. The standard InChI is InChI=1S/C18H17N3O4/c1-12-2-6-15(7-3-12)20-11-14(10-17(20)22)19-18(23)13-4-8-16(9-5-13)21(24)25/h2-9,14H,10-11H2,1H3,(H,19,23)/t14-/m0/s1. The van der Waals surface area contributed by atoms with Crippen LogP contribution in [0.15, 0.2) is 48.5 Å². The Morgan fingerprint density at radius 3 is 2.40 bits per heavy atom. The highest BCUT2D eigenvalue weighted by Crippen LogP contribution is 2.22. The van der Waals surface area contributed by atoms with Gasteiger partial charge in [0.2, 0.25) is 5.91 Å². The summed E-state index contributed by atoms with van der Waals surface area (Å²) in [5.41, 5.74) is 2.17. The largest absolute Gasteiger partial charge is 0.347 e. The third-order valence-corrected chi connectivity index (χ3v) is 4.15. The van der Waals surface area contributed by atoms with Gasteiger partial charge in [0.05, 0.1) is 11.0 Å². The van der Waals surface area contributed by atoms with Crippen LogP contribution in [0.4, 0.5) is 11.4 Å². The van der Waals surface area contributed by atoms with Crippen LogP contribution in [0.5, 0.6) is 0 Å². The molecule has 0 radical (unpaired) electrons. The lowest BCUT2D eigenvalue weighted by Gasteiger charge is -2.17. The zero-order valence-electron chi connectivity index (χ0n) is 13.6. The Kier molecular flexibility index (Phi) is 4.47. The lowest BCUT2D eigenvalue weighted by atomic mass is 10.1. The SMILES string of the molecule is Cc1ccc(N2C[C@@H](NC(=O)c3ccc([N+](=O)[O-])cc3)CC2=O)cc1. The average Bonchev–Trinajstić information content (AvgIpc) is 2.96. The van der Waals surface area contributed by atoms with E-state index in [1.807, 2.05) is 31.2 Å². The van der Waals surface area contributed by atoms with Crippen molar-refractivity contribution in [2.45, 2.75) is 19.4 Å². The average molecular weight is 339 g/mol. The van der Waals surface area contributed by atoms with Crippen LogP contribution in [0.2, 0.25) is 0 Å². The summed E-state index contributed by atoms with van der Waals surface area (Å²) < 4.78 is 0. The quantitative estimate of drug-likeness (QED) is 0.684. The number of benzene rings is 2. The van der Waals surface area contributed by atoms with Crippen molar-refractivity contribution in [1.82, 2.24) is 5.32 Å². The molecule has 25 heavy (non-hydrogen) atoms. The van der Waals surface area contributed by atoms with Crippen molar-refractivity contribution in [2.24, 2.45) is 0 Å². The minimum absolute atomic E-state index is 0.0437. The monoisotopic (exact) mass is 339 g/mol. The van der Waals surface area contributed by atoms with E-state index in [9.17, 15) is 19.7 Å². The molecule has 1 N–H and O–H groups in total. The maximum Gasteiger partial charge on any atom is 0.269 e. The maximum atomic E-state index is 12.3. The van der Waals surface area contributed by atoms with Crippen molar-refractivity contribution >= 4 is 23.2 Å². The Labute approximate surface area is 144 Å². The number of hydrogen-bond acceptors (Lipinski definition) is 4. The zero-order valence-corrected chi connectivity index (χ0v) is 13.6. The van der Waals surface area contributed by atoms with Crippen molar-refractivity contribution < 1.29 is 14.5 Å². The van der Waals surface area contributed by atoms with E-state index in [-0.39, 0.29) is 30.0 Å². The summed E-state index contributed by atoms with van der Waals surface area (Å²) in [4.78, 5) is 36.3. The highest BCUT2D eigenvalue weighted by Gasteiger charge is 2.31. The third-order valence-electron chi connectivity index (χ3n) is 4.15. The topological polar surface area (TPSA) is 92.6 Å². The van der Waals surface area contributed by atoms with Crippen LogP contribution in [0, 0.1) is 17.0 Å². The van der Waals surface area contributed by atoms with Gasteiger partial charge in [0.25, 0.3) is 11.6 Å². The van der Waals surface area contributed by atoms with E-state index < -0.39 is 4.92 Å². The number of rotatable bonds is 4. The van der Waals surface area contributed by atoms with Crippen molar-refractivity contribution in [3.8, 4) is 0 Å². The van der Waals surface area contributed by atoms with Crippen LogP contribution in [-0.4, -0.2) is 29.3 Å². The molecule has 0 unspecified atom stereocenters. The van der Waals surface area contributed by atoms with Crippen molar-refractivity contribution in [3.05, 3.63) is 69.8 Å². The smallest absolute Gasteiger partial charge is 0.269 e. The van der Waals surface area contributed by atoms with E-state index in [0.29, 0.717) is 12.1 Å². The number of carbonyl (C=O) groups is 2. The van der Waals surface area contributed by atoms with Gasteiger partial charge in [-0.15, -0.1) is 0 Å². The molecule has 7 nitrogen and oxygen atoms in total. The Balaban J connectivity index is 1.65. The molecule has 1 aliphatic rings. The first kappa shape index (κ1) is 16.6. The number of amides is 2. The van der Waals surface area contributed by atoms with Crippen LogP contribution < -0.4 is 10.2 Å². The van der Waals surface area contributed by atoms with E-state index in [0.717, 1.165) is 11.3 Å². The number of non-ortho nitro benzene ring substituents is 1. The fraction of sp³-hybridized carbons (Fsp3) is 0.222. The van der Waals surface area contributed by atoms with Gasteiger partial charge in [0.1, 0.15) is 0 Å². The predicted molar refractivity (Wildman–Crippen MR) is 92.5 cm³/mol. The summed E-state index contributed by atoms with van der Waals surface area (Å²) in [5.74, 6) is -0.392. The van der Waals surface area contributed by atoms with E-state index >= 15 is 0 Å².